The van der Waals surface area contributed by atoms with Gasteiger partial charge in [0.25, 0.3) is 0 Å². The molecular weight excluding hydrogens is 539 g/mol. The number of halogens is 5. The average Bonchev–Trinajstić information content (AvgIpc) is 3.40. The van der Waals surface area contributed by atoms with Crippen LogP contribution in [0, 0.1) is 5.41 Å². The number of sulfone groups is 1. The fourth-order valence-electron chi connectivity index (χ4n) is 4.73. The molecule has 206 valence electrons. The molecule has 1 aliphatic carbocycles. The monoisotopic (exact) mass is 564 g/mol. The zero-order valence-corrected chi connectivity index (χ0v) is 22.3. The number of hydrogen-bond donors (Lipinski definition) is 0. The molecule has 39 heavy (non-hydrogen) atoms. The predicted molar refractivity (Wildman–Crippen MR) is 136 cm³/mol. The number of benzene rings is 1. The second-order valence-corrected chi connectivity index (χ2v) is 12.7. The summed E-state index contributed by atoms with van der Waals surface area (Å²) < 4.78 is 94.0. The summed E-state index contributed by atoms with van der Waals surface area (Å²) in [6.07, 6.45) is -2.79. The molecule has 0 amide bonds. The van der Waals surface area contributed by atoms with E-state index in [9.17, 15) is 30.4 Å². The molecule has 5 rings (SSSR count). The summed E-state index contributed by atoms with van der Waals surface area (Å²) >= 11 is 0. The summed E-state index contributed by atoms with van der Waals surface area (Å²) in [4.78, 5) is 12.2. The van der Waals surface area contributed by atoms with E-state index in [0.29, 0.717) is 23.7 Å². The van der Waals surface area contributed by atoms with Crippen molar-refractivity contribution in [3.63, 3.8) is 0 Å². The van der Waals surface area contributed by atoms with Gasteiger partial charge in [0, 0.05) is 25.0 Å². The Kier molecular flexibility index (Phi) is 6.13. The molecule has 1 aliphatic rings. The Morgan fingerprint density at radius 3 is 2.21 bits per heavy atom. The van der Waals surface area contributed by atoms with Crippen molar-refractivity contribution in [3.8, 4) is 22.6 Å². The molecule has 12 heteroatoms. The van der Waals surface area contributed by atoms with Crippen LogP contribution >= 0.6 is 0 Å². The van der Waals surface area contributed by atoms with E-state index >= 15 is 0 Å². The van der Waals surface area contributed by atoms with Gasteiger partial charge in [-0.2, -0.15) is 22.0 Å². The minimum Gasteiger partial charge on any atom is -0.310 e. The molecule has 3 aromatic heterocycles. The number of fused-ring (bicyclic) bond motifs is 1. The Labute approximate surface area is 221 Å². The average molecular weight is 565 g/mol. The fourth-order valence-corrected chi connectivity index (χ4v) is 5.79. The third-order valence-electron chi connectivity index (χ3n) is 7.37. The number of aromatic nitrogens is 4. The van der Waals surface area contributed by atoms with Gasteiger partial charge in [-0.05, 0) is 41.0 Å². The number of nitrogens with zero attached hydrogens (tertiary/aromatic N) is 4. The quantitative estimate of drug-likeness (QED) is 0.245. The van der Waals surface area contributed by atoms with Crippen LogP contribution in [-0.4, -0.2) is 39.9 Å². The van der Waals surface area contributed by atoms with Crippen LogP contribution in [0.25, 0.3) is 33.8 Å². The third-order valence-corrected chi connectivity index (χ3v) is 9.11. The number of imidazole rings is 1. The zero-order chi connectivity index (χ0) is 28.5. The number of rotatable bonds is 6. The predicted octanol–water partition coefficient (Wildman–Crippen LogP) is 6.66. The van der Waals surface area contributed by atoms with Crippen molar-refractivity contribution in [1.82, 2.24) is 19.5 Å². The highest BCUT2D eigenvalue weighted by Gasteiger charge is 2.59. The molecule has 1 unspecified atom stereocenters. The molecule has 3 heterocycles. The minimum absolute atomic E-state index is 0.00367. The number of hydrogen-bond acceptors (Lipinski definition) is 5. The Hall–Kier alpha value is -3.41. The largest absolute Gasteiger partial charge is 0.458 e. The highest BCUT2D eigenvalue weighted by atomic mass is 32.2. The van der Waals surface area contributed by atoms with Gasteiger partial charge in [0.1, 0.15) is 11.2 Å². The molecule has 6 nitrogen and oxygen atoms in total. The highest BCUT2D eigenvalue weighted by molar-refractivity contribution is 7.91. The van der Waals surface area contributed by atoms with E-state index in [1.165, 1.54) is 36.4 Å². The number of pyridine rings is 2. The van der Waals surface area contributed by atoms with Gasteiger partial charge in [-0.3, -0.25) is 4.98 Å². The van der Waals surface area contributed by atoms with Crippen molar-refractivity contribution in [3.05, 3.63) is 59.9 Å². The molecule has 0 N–H and O–H groups in total. The topological polar surface area (TPSA) is 77.7 Å². The molecule has 0 aliphatic heterocycles. The molecule has 1 fully saturated rings. The van der Waals surface area contributed by atoms with Crippen molar-refractivity contribution >= 4 is 21.0 Å². The van der Waals surface area contributed by atoms with Crippen molar-refractivity contribution < 1.29 is 30.4 Å². The van der Waals surface area contributed by atoms with Gasteiger partial charge in [-0.1, -0.05) is 45.0 Å². The molecule has 4 aromatic rings. The Balaban J connectivity index is 1.60. The standard InChI is InChI=1S/C27H25F5N4O2S/c1-5-39(37,38)21-10-17(15-6-8-16(9-7-15)19-12-25(19,2)3)13-33-22(21)24-35-20-11-18(14-34-23(20)36(24)4)26(28,29)27(30,31)32/h6-11,13-14,19H,5,12H2,1-4H3. The first-order valence-corrected chi connectivity index (χ1v) is 13.8. The van der Waals surface area contributed by atoms with Crippen LogP contribution in [0.15, 0.2) is 53.7 Å². The van der Waals surface area contributed by atoms with Crippen LogP contribution in [0.2, 0.25) is 0 Å². The summed E-state index contributed by atoms with van der Waals surface area (Å²) in [5.74, 6) is -4.93. The molecule has 0 bridgehead atoms. The van der Waals surface area contributed by atoms with Gasteiger partial charge < -0.3 is 4.57 Å². The molecule has 1 atom stereocenters. The first-order chi connectivity index (χ1) is 18.1. The normalized spacial score (nSPS) is 17.5. The lowest BCUT2D eigenvalue weighted by Gasteiger charge is -2.19. The summed E-state index contributed by atoms with van der Waals surface area (Å²) in [7, 11) is -2.39. The molecule has 0 radical (unpaired) electrons. The van der Waals surface area contributed by atoms with E-state index < -0.39 is 27.5 Å². The maximum Gasteiger partial charge on any atom is 0.458 e. The van der Waals surface area contributed by atoms with Crippen LogP contribution in [-0.2, 0) is 22.8 Å². The maximum atomic E-state index is 13.9. The molecule has 1 aromatic carbocycles. The summed E-state index contributed by atoms with van der Waals surface area (Å²) in [5.41, 5.74) is 1.10. The van der Waals surface area contributed by atoms with E-state index in [0.717, 1.165) is 12.0 Å². The van der Waals surface area contributed by atoms with E-state index in [4.69, 9.17) is 0 Å². The van der Waals surface area contributed by atoms with Crippen molar-refractivity contribution in [2.24, 2.45) is 12.5 Å². The van der Waals surface area contributed by atoms with Gasteiger partial charge in [0.15, 0.2) is 21.3 Å². The smallest absolute Gasteiger partial charge is 0.310 e. The molecule has 1 saturated carbocycles. The van der Waals surface area contributed by atoms with E-state index in [-0.39, 0.29) is 38.7 Å². The van der Waals surface area contributed by atoms with Crippen molar-refractivity contribution in [1.29, 1.82) is 0 Å². The lowest BCUT2D eigenvalue weighted by atomic mass is 10.00. The number of alkyl halides is 5. The molecule has 0 spiro atoms. The van der Waals surface area contributed by atoms with Crippen molar-refractivity contribution in [2.45, 2.75) is 50.1 Å². The zero-order valence-electron chi connectivity index (χ0n) is 21.5. The third kappa shape index (κ3) is 4.58. The summed E-state index contributed by atoms with van der Waals surface area (Å²) in [6.45, 7) is 5.88. The van der Waals surface area contributed by atoms with Crippen LogP contribution in [0.1, 0.15) is 44.2 Å². The van der Waals surface area contributed by atoms with Crippen LogP contribution < -0.4 is 0 Å². The van der Waals surface area contributed by atoms with Gasteiger partial charge in [-0.15, -0.1) is 0 Å². The van der Waals surface area contributed by atoms with E-state index in [1.54, 1.807) is 0 Å². The highest BCUT2D eigenvalue weighted by Crippen LogP contribution is 2.58. The van der Waals surface area contributed by atoms with Crippen molar-refractivity contribution in [2.75, 3.05) is 5.75 Å². The Bertz CT molecular complexity index is 1690. The number of aryl methyl sites for hydroxylation is 1. The van der Waals surface area contributed by atoms with Gasteiger partial charge >= 0.3 is 12.1 Å². The van der Waals surface area contributed by atoms with Gasteiger partial charge in [-0.25, -0.2) is 18.4 Å². The second kappa shape index (κ2) is 8.80. The van der Waals surface area contributed by atoms with E-state index in [2.05, 4.69) is 28.8 Å². The molecule has 0 saturated heterocycles. The summed E-state index contributed by atoms with van der Waals surface area (Å²) in [6, 6.07) is 9.93. The Morgan fingerprint density at radius 1 is 1.00 bits per heavy atom. The fraction of sp³-hybridized carbons (Fsp3) is 0.370. The van der Waals surface area contributed by atoms with Gasteiger partial charge in [0.05, 0.1) is 16.2 Å². The lowest BCUT2D eigenvalue weighted by molar-refractivity contribution is -0.289. The maximum absolute atomic E-state index is 13.9. The van der Waals surface area contributed by atoms with Crippen LogP contribution in [0.4, 0.5) is 22.0 Å². The van der Waals surface area contributed by atoms with Gasteiger partial charge in [0.2, 0.25) is 0 Å². The first kappa shape index (κ1) is 27.2. The SMILES string of the molecule is CCS(=O)(=O)c1cc(-c2ccc(C3CC3(C)C)cc2)cnc1-c1nc2cc(C(F)(F)C(F)(F)F)cnc2n1C. The molecular formula is C27H25F5N4O2S. The minimum atomic E-state index is -5.81. The lowest BCUT2D eigenvalue weighted by Crippen LogP contribution is -2.33. The first-order valence-electron chi connectivity index (χ1n) is 12.2. The Morgan fingerprint density at radius 2 is 1.64 bits per heavy atom. The van der Waals surface area contributed by atoms with E-state index in [1.807, 2.05) is 24.3 Å². The van der Waals surface area contributed by atoms with Crippen LogP contribution in [0.5, 0.6) is 0 Å². The second-order valence-electron chi connectivity index (χ2n) is 10.5. The van der Waals surface area contributed by atoms with Crippen LogP contribution in [0.3, 0.4) is 0 Å². The summed E-state index contributed by atoms with van der Waals surface area (Å²) in [5, 5.41) is 0.